The lowest BCUT2D eigenvalue weighted by Crippen LogP contribution is -2.42. The van der Waals surface area contributed by atoms with Crippen LogP contribution in [0.2, 0.25) is 0 Å². The molecule has 0 bridgehead atoms. The molecule has 1 unspecified atom stereocenters. The average molecular weight is 478 g/mol. The van der Waals surface area contributed by atoms with Crippen LogP contribution in [0.5, 0.6) is 0 Å². The molecule has 0 spiro atoms. The zero-order valence-electron chi connectivity index (χ0n) is 17.6. The van der Waals surface area contributed by atoms with Gasteiger partial charge in [0.15, 0.2) is 11.4 Å². The van der Waals surface area contributed by atoms with Crippen molar-refractivity contribution in [3.63, 3.8) is 0 Å². The summed E-state index contributed by atoms with van der Waals surface area (Å²) in [4.78, 5) is 28.2. The molecule has 3 aromatic rings. The van der Waals surface area contributed by atoms with Crippen molar-refractivity contribution in [2.75, 3.05) is 11.4 Å². The van der Waals surface area contributed by atoms with Gasteiger partial charge in [0.05, 0.1) is 12.1 Å². The first-order valence-electron chi connectivity index (χ1n) is 10.3. The van der Waals surface area contributed by atoms with Gasteiger partial charge in [-0.2, -0.15) is 0 Å². The lowest BCUT2D eigenvalue weighted by Gasteiger charge is -2.23. The summed E-state index contributed by atoms with van der Waals surface area (Å²) in [5.74, 6) is -0.692. The summed E-state index contributed by atoms with van der Waals surface area (Å²) in [6, 6.07) is 21.0. The number of amides is 1. The number of anilines is 1. The van der Waals surface area contributed by atoms with Gasteiger partial charge in [-0.05, 0) is 55.7 Å². The smallest absolute Gasteiger partial charge is 0.264 e. The molecule has 4 nitrogen and oxygen atoms in total. The third kappa shape index (κ3) is 4.08. The first-order valence-corrected chi connectivity index (χ1v) is 11.1. The summed E-state index contributed by atoms with van der Waals surface area (Å²) >= 11 is 3.44. The van der Waals surface area contributed by atoms with Crippen molar-refractivity contribution >= 4 is 33.3 Å². The highest BCUT2D eigenvalue weighted by Crippen LogP contribution is 2.44. The number of aliphatic hydroxyl groups is 1. The number of nitrogens with zero attached hydrogens (tertiary/aromatic N) is 1. The second kappa shape index (κ2) is 8.40. The summed E-state index contributed by atoms with van der Waals surface area (Å²) in [5.41, 5.74) is 2.69. The number of fused-ring (bicyclic) bond motifs is 1. The average Bonchev–Trinajstić information content (AvgIpc) is 2.95. The molecule has 1 atom stereocenters. The molecule has 0 fully saturated rings. The van der Waals surface area contributed by atoms with E-state index < -0.39 is 11.5 Å². The number of ketones is 1. The Labute approximate surface area is 190 Å². The van der Waals surface area contributed by atoms with E-state index in [9.17, 15) is 14.7 Å². The molecule has 0 aromatic heterocycles. The van der Waals surface area contributed by atoms with Crippen molar-refractivity contribution in [1.82, 2.24) is 0 Å². The number of carbonyl (C=O) groups is 2. The van der Waals surface area contributed by atoms with E-state index >= 15 is 0 Å². The topological polar surface area (TPSA) is 57.6 Å². The lowest BCUT2D eigenvalue weighted by molar-refractivity contribution is -0.135. The molecule has 1 aliphatic rings. The first kappa shape index (κ1) is 21.5. The Balaban J connectivity index is 1.67. The Kier molecular flexibility index (Phi) is 5.82. The Morgan fingerprint density at radius 1 is 1.03 bits per heavy atom. The van der Waals surface area contributed by atoms with E-state index in [1.165, 1.54) is 0 Å². The summed E-state index contributed by atoms with van der Waals surface area (Å²) in [7, 11) is 0. The molecule has 1 amide bonds. The van der Waals surface area contributed by atoms with Gasteiger partial charge in [-0.15, -0.1) is 0 Å². The van der Waals surface area contributed by atoms with Crippen molar-refractivity contribution < 1.29 is 14.7 Å². The molecule has 1 heterocycles. The van der Waals surface area contributed by atoms with Crippen molar-refractivity contribution in [2.24, 2.45) is 0 Å². The number of carbonyl (C=O) groups excluding carboxylic acids is 2. The molecule has 158 valence electrons. The van der Waals surface area contributed by atoms with Crippen LogP contribution in [-0.2, 0) is 16.8 Å². The minimum atomic E-state index is -1.89. The quantitative estimate of drug-likeness (QED) is 0.501. The highest BCUT2D eigenvalue weighted by atomic mass is 79.9. The number of halogens is 1. The second-order valence-corrected chi connectivity index (χ2v) is 9.05. The minimum absolute atomic E-state index is 0.243. The number of rotatable bonds is 6. The molecule has 0 radical (unpaired) electrons. The summed E-state index contributed by atoms with van der Waals surface area (Å²) < 4.78 is 0.751. The van der Waals surface area contributed by atoms with E-state index in [-0.39, 0.29) is 12.2 Å². The Hall–Kier alpha value is -2.76. The van der Waals surface area contributed by atoms with E-state index in [1.807, 2.05) is 74.5 Å². The van der Waals surface area contributed by atoms with Crippen LogP contribution in [-0.4, -0.2) is 23.3 Å². The van der Waals surface area contributed by atoms with E-state index in [2.05, 4.69) is 15.9 Å². The van der Waals surface area contributed by atoms with Gasteiger partial charge in [-0.1, -0.05) is 64.0 Å². The maximum Gasteiger partial charge on any atom is 0.264 e. The summed E-state index contributed by atoms with van der Waals surface area (Å²) in [6.45, 7) is 4.21. The lowest BCUT2D eigenvalue weighted by atomic mass is 9.87. The van der Waals surface area contributed by atoms with E-state index in [0.717, 1.165) is 21.2 Å². The fourth-order valence-corrected chi connectivity index (χ4v) is 4.53. The first-order chi connectivity index (χ1) is 14.8. The number of aryl methyl sites for hydroxylation is 2. The van der Waals surface area contributed by atoms with Gasteiger partial charge in [0.1, 0.15) is 0 Å². The zero-order chi connectivity index (χ0) is 22.2. The number of hydrogen-bond acceptors (Lipinski definition) is 3. The standard InChI is InChI=1S/C26H24BrNO3/c1-17-8-9-18(2)21(14-17)24(29)16-26(31)22-15-20(27)10-11-23(22)28(25(26)30)13-12-19-6-4-3-5-7-19/h3-11,14-15,31H,12-13,16H2,1-2H3. The monoisotopic (exact) mass is 477 g/mol. The highest BCUT2D eigenvalue weighted by Gasteiger charge is 2.51. The van der Waals surface area contributed by atoms with E-state index in [4.69, 9.17) is 0 Å². The van der Waals surface area contributed by atoms with Gasteiger partial charge in [0.2, 0.25) is 0 Å². The molecular formula is C26H24BrNO3. The molecule has 0 saturated carbocycles. The molecule has 1 N–H and O–H groups in total. The molecule has 4 rings (SSSR count). The third-order valence-corrected chi connectivity index (χ3v) is 6.36. The van der Waals surface area contributed by atoms with Gasteiger partial charge in [0, 0.05) is 22.1 Å². The van der Waals surface area contributed by atoms with Gasteiger partial charge in [-0.25, -0.2) is 0 Å². The normalized spacial score (nSPS) is 17.7. The van der Waals surface area contributed by atoms with Crippen LogP contribution in [0.25, 0.3) is 0 Å². The second-order valence-electron chi connectivity index (χ2n) is 8.13. The Morgan fingerprint density at radius 3 is 2.52 bits per heavy atom. The van der Waals surface area contributed by atoms with Gasteiger partial charge in [0.25, 0.3) is 5.91 Å². The number of Topliss-reactive ketones (excluding diaryl/α,β-unsaturated/α-hetero) is 1. The Bertz CT molecular complexity index is 1160. The van der Waals surface area contributed by atoms with Gasteiger partial charge >= 0.3 is 0 Å². The Morgan fingerprint density at radius 2 is 1.77 bits per heavy atom. The minimum Gasteiger partial charge on any atom is -0.375 e. The summed E-state index contributed by atoms with van der Waals surface area (Å²) in [6.07, 6.45) is 0.366. The molecule has 31 heavy (non-hydrogen) atoms. The molecule has 5 heteroatoms. The van der Waals surface area contributed by atoms with Crippen LogP contribution in [0, 0.1) is 13.8 Å². The van der Waals surface area contributed by atoms with Crippen molar-refractivity contribution in [1.29, 1.82) is 0 Å². The van der Waals surface area contributed by atoms with Crippen LogP contribution in [0.1, 0.15) is 39.0 Å². The maximum absolute atomic E-state index is 13.4. The largest absolute Gasteiger partial charge is 0.375 e. The number of hydrogen-bond donors (Lipinski definition) is 1. The van der Waals surface area contributed by atoms with Crippen molar-refractivity contribution in [2.45, 2.75) is 32.3 Å². The van der Waals surface area contributed by atoms with E-state index in [1.54, 1.807) is 11.0 Å². The fraction of sp³-hybridized carbons (Fsp3) is 0.231. The van der Waals surface area contributed by atoms with Crippen molar-refractivity contribution in [3.8, 4) is 0 Å². The third-order valence-electron chi connectivity index (χ3n) is 5.87. The zero-order valence-corrected chi connectivity index (χ0v) is 19.1. The fourth-order valence-electron chi connectivity index (χ4n) is 4.17. The molecule has 1 aliphatic heterocycles. The predicted molar refractivity (Wildman–Crippen MR) is 125 cm³/mol. The van der Waals surface area contributed by atoms with Gasteiger partial charge in [-0.3, -0.25) is 9.59 Å². The SMILES string of the molecule is Cc1ccc(C)c(C(=O)CC2(O)C(=O)N(CCc3ccccc3)c3ccc(Br)cc32)c1. The highest BCUT2D eigenvalue weighted by molar-refractivity contribution is 9.10. The van der Waals surface area contributed by atoms with Crippen LogP contribution < -0.4 is 4.90 Å². The van der Waals surface area contributed by atoms with Gasteiger partial charge < -0.3 is 10.0 Å². The summed E-state index contributed by atoms with van der Waals surface area (Å²) in [5, 5.41) is 11.6. The van der Waals surface area contributed by atoms with E-state index in [0.29, 0.717) is 29.8 Å². The van der Waals surface area contributed by atoms with Crippen LogP contribution in [0.15, 0.2) is 71.2 Å². The predicted octanol–water partition coefficient (Wildman–Crippen LogP) is 5.12. The maximum atomic E-state index is 13.4. The van der Waals surface area contributed by atoms with Crippen LogP contribution in [0.4, 0.5) is 5.69 Å². The van der Waals surface area contributed by atoms with Crippen molar-refractivity contribution in [3.05, 3.63) is 99.0 Å². The molecule has 3 aromatic carbocycles. The molecule has 0 saturated heterocycles. The van der Waals surface area contributed by atoms with Crippen LogP contribution in [0.3, 0.4) is 0 Å². The van der Waals surface area contributed by atoms with Crippen LogP contribution >= 0.6 is 15.9 Å². The number of benzene rings is 3. The molecule has 0 aliphatic carbocycles. The molecular weight excluding hydrogens is 454 g/mol.